The Balaban J connectivity index is 1.67. The third-order valence-corrected chi connectivity index (χ3v) is 3.57. The molecule has 1 aromatic rings. The van der Waals surface area contributed by atoms with Crippen molar-refractivity contribution in [1.29, 1.82) is 0 Å². The van der Waals surface area contributed by atoms with E-state index in [9.17, 15) is 9.18 Å². The maximum absolute atomic E-state index is 13.0. The van der Waals surface area contributed by atoms with Gasteiger partial charge >= 0.3 is 0 Å². The van der Waals surface area contributed by atoms with E-state index in [1.807, 2.05) is 0 Å². The van der Waals surface area contributed by atoms with Crippen LogP contribution < -0.4 is 10.6 Å². The van der Waals surface area contributed by atoms with Gasteiger partial charge in [0.15, 0.2) is 0 Å². The van der Waals surface area contributed by atoms with E-state index < -0.39 is 0 Å². The van der Waals surface area contributed by atoms with Crippen LogP contribution in [0.4, 0.5) is 4.39 Å². The fourth-order valence-corrected chi connectivity index (χ4v) is 2.02. The molecule has 0 aliphatic heterocycles. The molecule has 0 unspecified atom stereocenters. The number of carbonyl (C=O) groups excluding carboxylic acids is 1. The van der Waals surface area contributed by atoms with Gasteiger partial charge in [0.1, 0.15) is 5.82 Å². The summed E-state index contributed by atoms with van der Waals surface area (Å²) in [6.07, 6.45) is 2.67. The standard InChI is InChI=1S/C13H16BrFN2O/c14-12-4-1-10(15)7-9(12)8-16-6-5-13(18)17-11-2-3-11/h1,4,7,11,16H,2-3,5-6,8H2,(H,17,18). The van der Waals surface area contributed by atoms with Crippen molar-refractivity contribution in [3.8, 4) is 0 Å². The minimum absolute atomic E-state index is 0.0864. The first-order valence-corrected chi connectivity index (χ1v) is 6.88. The van der Waals surface area contributed by atoms with Gasteiger partial charge in [-0.2, -0.15) is 0 Å². The van der Waals surface area contributed by atoms with Crippen LogP contribution in [0.5, 0.6) is 0 Å². The summed E-state index contributed by atoms with van der Waals surface area (Å²) in [5, 5.41) is 6.06. The minimum atomic E-state index is -0.249. The maximum atomic E-state index is 13.0. The van der Waals surface area contributed by atoms with Crippen molar-refractivity contribution < 1.29 is 9.18 Å². The smallest absolute Gasteiger partial charge is 0.221 e. The Morgan fingerprint density at radius 1 is 1.44 bits per heavy atom. The molecule has 1 amide bonds. The van der Waals surface area contributed by atoms with Crippen molar-refractivity contribution in [1.82, 2.24) is 10.6 Å². The van der Waals surface area contributed by atoms with Gasteiger partial charge in [0.25, 0.3) is 0 Å². The van der Waals surface area contributed by atoms with Gasteiger partial charge in [-0.3, -0.25) is 4.79 Å². The van der Waals surface area contributed by atoms with Crippen molar-refractivity contribution >= 4 is 21.8 Å². The van der Waals surface area contributed by atoms with E-state index in [2.05, 4.69) is 26.6 Å². The molecule has 2 N–H and O–H groups in total. The third-order valence-electron chi connectivity index (χ3n) is 2.79. The molecule has 0 radical (unpaired) electrons. The van der Waals surface area contributed by atoms with E-state index in [1.165, 1.54) is 12.1 Å². The first kappa shape index (κ1) is 13.5. The predicted molar refractivity (Wildman–Crippen MR) is 71.6 cm³/mol. The summed E-state index contributed by atoms with van der Waals surface area (Å²) in [5.41, 5.74) is 0.859. The summed E-state index contributed by atoms with van der Waals surface area (Å²) in [5.74, 6) is -0.162. The zero-order valence-corrected chi connectivity index (χ0v) is 11.6. The molecule has 18 heavy (non-hydrogen) atoms. The van der Waals surface area contributed by atoms with Crippen molar-refractivity contribution in [2.75, 3.05) is 6.54 Å². The summed E-state index contributed by atoms with van der Waals surface area (Å²) in [6.45, 7) is 1.15. The normalized spacial score (nSPS) is 14.6. The zero-order chi connectivity index (χ0) is 13.0. The molecular formula is C13H16BrFN2O. The number of hydrogen-bond donors (Lipinski definition) is 2. The Bertz CT molecular complexity index is 435. The van der Waals surface area contributed by atoms with Crippen LogP contribution in [0.3, 0.4) is 0 Å². The van der Waals surface area contributed by atoms with Crippen LogP contribution in [0.15, 0.2) is 22.7 Å². The average Bonchev–Trinajstić information content (AvgIpc) is 3.13. The topological polar surface area (TPSA) is 41.1 Å². The monoisotopic (exact) mass is 314 g/mol. The highest BCUT2D eigenvalue weighted by atomic mass is 79.9. The fraction of sp³-hybridized carbons (Fsp3) is 0.462. The van der Waals surface area contributed by atoms with Crippen molar-refractivity contribution in [2.45, 2.75) is 31.8 Å². The van der Waals surface area contributed by atoms with Crippen LogP contribution in [0.2, 0.25) is 0 Å². The highest BCUT2D eigenvalue weighted by molar-refractivity contribution is 9.10. The van der Waals surface area contributed by atoms with Gasteiger partial charge in [0.05, 0.1) is 0 Å². The van der Waals surface area contributed by atoms with E-state index >= 15 is 0 Å². The lowest BCUT2D eigenvalue weighted by Crippen LogP contribution is -2.29. The SMILES string of the molecule is O=C(CCNCc1cc(F)ccc1Br)NC1CC1. The number of hydrogen-bond acceptors (Lipinski definition) is 2. The molecule has 5 heteroatoms. The van der Waals surface area contributed by atoms with Gasteiger partial charge in [-0.15, -0.1) is 0 Å². The average molecular weight is 315 g/mol. The first-order valence-electron chi connectivity index (χ1n) is 6.09. The Hall–Kier alpha value is -0.940. The number of rotatable bonds is 6. The number of benzene rings is 1. The van der Waals surface area contributed by atoms with Crippen molar-refractivity contribution in [3.05, 3.63) is 34.1 Å². The van der Waals surface area contributed by atoms with Crippen LogP contribution in [-0.2, 0) is 11.3 Å². The second-order valence-electron chi connectivity index (χ2n) is 4.50. The lowest BCUT2D eigenvalue weighted by Gasteiger charge is -2.07. The summed E-state index contributed by atoms with van der Waals surface area (Å²) >= 11 is 3.37. The van der Waals surface area contributed by atoms with Gasteiger partial charge in [0.2, 0.25) is 5.91 Å². The van der Waals surface area contributed by atoms with Crippen molar-refractivity contribution in [2.24, 2.45) is 0 Å². The van der Waals surface area contributed by atoms with E-state index in [-0.39, 0.29) is 11.7 Å². The highest BCUT2D eigenvalue weighted by Crippen LogP contribution is 2.19. The largest absolute Gasteiger partial charge is 0.353 e. The molecule has 0 aromatic heterocycles. The molecule has 2 rings (SSSR count). The lowest BCUT2D eigenvalue weighted by atomic mass is 10.2. The number of halogens is 2. The van der Waals surface area contributed by atoms with Gasteiger partial charge in [-0.1, -0.05) is 15.9 Å². The van der Waals surface area contributed by atoms with E-state index in [4.69, 9.17) is 0 Å². The molecule has 1 fully saturated rings. The zero-order valence-electron chi connectivity index (χ0n) is 10.0. The Morgan fingerprint density at radius 2 is 2.22 bits per heavy atom. The molecule has 1 aromatic carbocycles. The predicted octanol–water partition coefficient (Wildman–Crippen LogP) is 2.35. The second kappa shape index (κ2) is 6.29. The molecule has 1 aliphatic carbocycles. The Labute approximate surface area is 114 Å². The Kier molecular flexibility index (Phi) is 4.72. The van der Waals surface area contributed by atoms with Crippen LogP contribution in [0, 0.1) is 5.82 Å². The fourth-order valence-electron chi connectivity index (χ4n) is 1.63. The van der Waals surface area contributed by atoms with Crippen LogP contribution in [-0.4, -0.2) is 18.5 Å². The van der Waals surface area contributed by atoms with E-state index in [0.717, 1.165) is 22.9 Å². The van der Waals surface area contributed by atoms with Crippen molar-refractivity contribution in [3.63, 3.8) is 0 Å². The van der Waals surface area contributed by atoms with E-state index in [1.54, 1.807) is 6.07 Å². The molecule has 1 aliphatic rings. The molecule has 0 atom stereocenters. The Morgan fingerprint density at radius 3 is 2.94 bits per heavy atom. The second-order valence-corrected chi connectivity index (χ2v) is 5.36. The van der Waals surface area contributed by atoms with Crippen LogP contribution >= 0.6 is 15.9 Å². The van der Waals surface area contributed by atoms with Crippen LogP contribution in [0.25, 0.3) is 0 Å². The molecule has 0 spiro atoms. The summed E-state index contributed by atoms with van der Waals surface area (Å²) in [7, 11) is 0. The first-order chi connectivity index (χ1) is 8.65. The van der Waals surface area contributed by atoms with E-state index in [0.29, 0.717) is 25.6 Å². The molecule has 98 valence electrons. The number of nitrogens with one attached hydrogen (secondary N) is 2. The van der Waals surface area contributed by atoms with Crippen LogP contribution in [0.1, 0.15) is 24.8 Å². The summed E-state index contributed by atoms with van der Waals surface area (Å²) in [6, 6.07) is 5.00. The van der Waals surface area contributed by atoms with Gasteiger partial charge in [-0.05, 0) is 36.6 Å². The molecule has 0 saturated heterocycles. The van der Waals surface area contributed by atoms with Gasteiger partial charge in [0, 0.05) is 30.0 Å². The molecule has 0 heterocycles. The highest BCUT2D eigenvalue weighted by Gasteiger charge is 2.22. The molecule has 0 bridgehead atoms. The maximum Gasteiger partial charge on any atom is 0.221 e. The number of carbonyl (C=O) groups is 1. The molecular weight excluding hydrogens is 299 g/mol. The number of amides is 1. The summed E-state index contributed by atoms with van der Waals surface area (Å²) < 4.78 is 13.9. The minimum Gasteiger partial charge on any atom is -0.353 e. The summed E-state index contributed by atoms with van der Waals surface area (Å²) in [4.78, 5) is 11.4. The third kappa shape index (κ3) is 4.38. The van der Waals surface area contributed by atoms with Gasteiger partial charge in [-0.25, -0.2) is 4.39 Å². The van der Waals surface area contributed by atoms with Gasteiger partial charge < -0.3 is 10.6 Å². The molecule has 1 saturated carbocycles. The molecule has 3 nitrogen and oxygen atoms in total. The lowest BCUT2D eigenvalue weighted by molar-refractivity contribution is -0.121. The quantitative estimate of drug-likeness (QED) is 0.791.